The molecular formula is C7H12O3S. The first-order valence-electron chi connectivity index (χ1n) is 3.15. The fourth-order valence-electron chi connectivity index (χ4n) is 0.505. The zero-order valence-electron chi connectivity index (χ0n) is 6.52. The topological polar surface area (TPSA) is 57.5 Å². The van der Waals surface area contributed by atoms with Crippen LogP contribution in [0.25, 0.3) is 0 Å². The molecule has 0 unspecified atom stereocenters. The number of carbonyl (C=O) groups excluding carboxylic acids is 1. The molecule has 0 amide bonds. The van der Waals surface area contributed by atoms with Gasteiger partial charge in [0.25, 0.3) is 0 Å². The van der Waals surface area contributed by atoms with E-state index >= 15 is 0 Å². The summed E-state index contributed by atoms with van der Waals surface area (Å²) in [5, 5.41) is 19.6. The van der Waals surface area contributed by atoms with Crippen molar-refractivity contribution in [3.63, 3.8) is 0 Å². The Morgan fingerprint density at radius 3 is 2.45 bits per heavy atom. The molecule has 0 aliphatic carbocycles. The van der Waals surface area contributed by atoms with Crippen molar-refractivity contribution in [2.24, 2.45) is 0 Å². The van der Waals surface area contributed by atoms with E-state index in [1.54, 1.807) is 5.41 Å². The molecule has 0 heterocycles. The van der Waals surface area contributed by atoms with Crippen molar-refractivity contribution in [2.45, 2.75) is 19.1 Å². The number of Topliss-reactive ketones (excluding diaryl/α,β-unsaturated/α-hetero) is 1. The zero-order chi connectivity index (χ0) is 8.85. The van der Waals surface area contributed by atoms with Crippen LogP contribution < -0.4 is 0 Å². The minimum atomic E-state index is -1.29. The predicted molar refractivity (Wildman–Crippen MR) is 45.3 cm³/mol. The van der Waals surface area contributed by atoms with Gasteiger partial charge in [-0.2, -0.15) is 0 Å². The largest absolute Gasteiger partial charge is 0.386 e. The van der Waals surface area contributed by atoms with Crippen LogP contribution in [0.1, 0.15) is 6.92 Å². The molecule has 0 aliphatic rings. The molecule has 0 bridgehead atoms. The van der Waals surface area contributed by atoms with Crippen molar-refractivity contribution in [2.75, 3.05) is 6.26 Å². The van der Waals surface area contributed by atoms with E-state index in [2.05, 4.69) is 0 Å². The number of aliphatic hydroxyl groups is 2. The Hall–Kier alpha value is -0.320. The highest BCUT2D eigenvalue weighted by Crippen LogP contribution is 2.01. The van der Waals surface area contributed by atoms with Gasteiger partial charge in [0, 0.05) is 0 Å². The van der Waals surface area contributed by atoms with Crippen LogP contribution in [-0.4, -0.2) is 34.5 Å². The maximum atomic E-state index is 10.5. The highest BCUT2D eigenvalue weighted by Gasteiger charge is 2.17. The van der Waals surface area contributed by atoms with Gasteiger partial charge in [0.1, 0.15) is 12.2 Å². The molecule has 11 heavy (non-hydrogen) atoms. The van der Waals surface area contributed by atoms with Crippen molar-refractivity contribution in [1.82, 2.24) is 0 Å². The number of ketones is 1. The standard InChI is InChI=1S/C7H12O3S/c1-5(8)7(10)6(9)3-4-11-2/h3-4,6-7,9-10H,1-2H3/b4-3+/t6-,7+/m0/s1. The van der Waals surface area contributed by atoms with Crippen molar-refractivity contribution in [3.05, 3.63) is 11.5 Å². The van der Waals surface area contributed by atoms with E-state index in [1.165, 1.54) is 24.8 Å². The molecule has 0 aromatic carbocycles. The van der Waals surface area contributed by atoms with E-state index in [0.29, 0.717) is 0 Å². The number of hydrogen-bond donors (Lipinski definition) is 2. The predicted octanol–water partition coefficient (Wildman–Crippen LogP) is 0.174. The third kappa shape index (κ3) is 4.19. The molecule has 0 spiro atoms. The minimum Gasteiger partial charge on any atom is -0.386 e. The van der Waals surface area contributed by atoms with Crippen LogP contribution in [0.2, 0.25) is 0 Å². The Bertz CT molecular complexity index is 156. The van der Waals surface area contributed by atoms with Crippen molar-refractivity contribution < 1.29 is 15.0 Å². The fraction of sp³-hybridized carbons (Fsp3) is 0.571. The lowest BCUT2D eigenvalue weighted by Crippen LogP contribution is -2.30. The summed E-state index contributed by atoms with van der Waals surface area (Å²) in [6, 6.07) is 0. The average Bonchev–Trinajstić information content (AvgIpc) is 1.98. The minimum absolute atomic E-state index is 0.428. The number of carbonyl (C=O) groups is 1. The first-order chi connectivity index (χ1) is 5.09. The van der Waals surface area contributed by atoms with E-state index in [-0.39, 0.29) is 0 Å². The number of thioether (sulfide) groups is 1. The van der Waals surface area contributed by atoms with Crippen LogP contribution in [-0.2, 0) is 4.79 Å². The molecule has 2 N–H and O–H groups in total. The molecule has 0 saturated carbocycles. The van der Waals surface area contributed by atoms with E-state index in [0.717, 1.165) is 0 Å². The van der Waals surface area contributed by atoms with E-state index in [9.17, 15) is 4.79 Å². The van der Waals surface area contributed by atoms with Crippen LogP contribution in [0.5, 0.6) is 0 Å². The van der Waals surface area contributed by atoms with Gasteiger partial charge < -0.3 is 10.2 Å². The lowest BCUT2D eigenvalue weighted by atomic mass is 10.1. The van der Waals surface area contributed by atoms with Gasteiger partial charge in [-0.25, -0.2) is 0 Å². The quantitative estimate of drug-likeness (QED) is 0.641. The normalized spacial score (nSPS) is 16.7. The van der Waals surface area contributed by atoms with Crippen LogP contribution in [0.3, 0.4) is 0 Å². The van der Waals surface area contributed by atoms with Crippen LogP contribution in [0.4, 0.5) is 0 Å². The van der Waals surface area contributed by atoms with Gasteiger partial charge in [-0.05, 0) is 24.7 Å². The average molecular weight is 176 g/mol. The summed E-state index contributed by atoms with van der Waals surface area (Å²) in [6.45, 7) is 1.24. The van der Waals surface area contributed by atoms with Gasteiger partial charge in [-0.1, -0.05) is 0 Å². The second-order valence-corrected chi connectivity index (χ2v) is 2.85. The zero-order valence-corrected chi connectivity index (χ0v) is 7.34. The summed E-state index contributed by atoms with van der Waals surface area (Å²) < 4.78 is 0. The number of aliphatic hydroxyl groups excluding tert-OH is 2. The van der Waals surface area contributed by atoms with Gasteiger partial charge in [-0.15, -0.1) is 11.8 Å². The first-order valence-corrected chi connectivity index (χ1v) is 4.44. The Morgan fingerprint density at radius 2 is 2.09 bits per heavy atom. The fourth-order valence-corrected chi connectivity index (χ4v) is 0.823. The number of hydrogen-bond acceptors (Lipinski definition) is 4. The summed E-state index contributed by atoms with van der Waals surface area (Å²) in [6.07, 6.45) is 0.832. The molecule has 64 valence electrons. The molecule has 0 aliphatic heterocycles. The Morgan fingerprint density at radius 1 is 1.55 bits per heavy atom. The third-order valence-electron chi connectivity index (χ3n) is 1.15. The Balaban J connectivity index is 3.91. The van der Waals surface area contributed by atoms with Crippen molar-refractivity contribution in [3.8, 4) is 0 Å². The van der Waals surface area contributed by atoms with Gasteiger partial charge in [0.15, 0.2) is 5.78 Å². The van der Waals surface area contributed by atoms with E-state index < -0.39 is 18.0 Å². The molecule has 0 aromatic heterocycles. The van der Waals surface area contributed by atoms with Crippen LogP contribution in [0, 0.1) is 0 Å². The molecule has 3 nitrogen and oxygen atoms in total. The highest BCUT2D eigenvalue weighted by atomic mass is 32.2. The molecule has 0 saturated heterocycles. The lowest BCUT2D eigenvalue weighted by Gasteiger charge is -2.09. The third-order valence-corrected chi connectivity index (χ3v) is 1.58. The SMILES string of the molecule is CS/C=C/[C@H](O)[C@H](O)C(C)=O. The Labute approximate surface area is 70.1 Å². The molecule has 4 heteroatoms. The van der Waals surface area contributed by atoms with Gasteiger partial charge in [-0.3, -0.25) is 4.79 Å². The Kier molecular flexibility index (Phi) is 5.19. The summed E-state index contributed by atoms with van der Waals surface area (Å²) in [5.74, 6) is -0.428. The summed E-state index contributed by atoms with van der Waals surface area (Å²) in [4.78, 5) is 10.5. The second kappa shape index (κ2) is 5.35. The summed E-state index contributed by atoms with van der Waals surface area (Å²) in [5.41, 5.74) is 0. The van der Waals surface area contributed by atoms with Gasteiger partial charge in [0.05, 0.1) is 0 Å². The second-order valence-electron chi connectivity index (χ2n) is 2.11. The van der Waals surface area contributed by atoms with E-state index in [1.807, 2.05) is 6.26 Å². The van der Waals surface area contributed by atoms with E-state index in [4.69, 9.17) is 10.2 Å². The maximum Gasteiger partial charge on any atom is 0.161 e. The summed E-state index contributed by atoms with van der Waals surface area (Å²) >= 11 is 1.40. The summed E-state index contributed by atoms with van der Waals surface area (Å²) in [7, 11) is 0. The van der Waals surface area contributed by atoms with Crippen molar-refractivity contribution >= 4 is 17.5 Å². The first kappa shape index (κ1) is 10.7. The lowest BCUT2D eigenvalue weighted by molar-refractivity contribution is -0.128. The van der Waals surface area contributed by atoms with Crippen molar-refractivity contribution in [1.29, 1.82) is 0 Å². The highest BCUT2D eigenvalue weighted by molar-refractivity contribution is 8.01. The maximum absolute atomic E-state index is 10.5. The smallest absolute Gasteiger partial charge is 0.161 e. The van der Waals surface area contributed by atoms with Gasteiger partial charge >= 0.3 is 0 Å². The molecule has 0 radical (unpaired) electrons. The molecule has 0 rings (SSSR count). The molecular weight excluding hydrogens is 164 g/mol. The molecule has 0 aromatic rings. The van der Waals surface area contributed by atoms with Crippen LogP contribution >= 0.6 is 11.8 Å². The van der Waals surface area contributed by atoms with Gasteiger partial charge in [0.2, 0.25) is 0 Å². The number of rotatable bonds is 4. The van der Waals surface area contributed by atoms with Crippen LogP contribution in [0.15, 0.2) is 11.5 Å². The molecule has 0 fully saturated rings. The monoisotopic (exact) mass is 176 g/mol. The molecule has 2 atom stereocenters.